The van der Waals surface area contributed by atoms with Crippen molar-refractivity contribution < 1.29 is 14.3 Å². The van der Waals surface area contributed by atoms with Crippen LogP contribution in [0.3, 0.4) is 0 Å². The molecular weight excluding hydrogens is 333 g/mol. The molecule has 0 heterocycles. The first-order valence-corrected chi connectivity index (χ1v) is 6.31. The van der Waals surface area contributed by atoms with Gasteiger partial charge in [0, 0.05) is 13.5 Å². The maximum absolute atomic E-state index is 10.8. The Kier molecular flexibility index (Phi) is 5.54. The summed E-state index contributed by atoms with van der Waals surface area (Å²) in [5.74, 6) is 1.62. The molecule has 0 radical (unpaired) electrons. The topological polar surface area (TPSA) is 47.6 Å². The molecule has 4 nitrogen and oxygen atoms in total. The number of carbonyl (C=O) groups excluding carboxylic acids is 1. The van der Waals surface area contributed by atoms with Gasteiger partial charge in [-0.25, -0.2) is 0 Å². The van der Waals surface area contributed by atoms with Crippen LogP contribution in [0.15, 0.2) is 12.1 Å². The number of nitrogens with one attached hydrogen (secondary N) is 1. The third kappa shape index (κ3) is 4.07. The van der Waals surface area contributed by atoms with Crippen molar-refractivity contribution in [1.29, 1.82) is 0 Å². The van der Waals surface area contributed by atoms with E-state index in [2.05, 4.69) is 27.9 Å². The summed E-state index contributed by atoms with van der Waals surface area (Å²) in [5, 5.41) is 2.76. The van der Waals surface area contributed by atoms with E-state index < -0.39 is 0 Å². The van der Waals surface area contributed by atoms with Crippen LogP contribution < -0.4 is 14.8 Å². The number of carbonyl (C=O) groups is 1. The van der Waals surface area contributed by atoms with E-state index in [0.29, 0.717) is 6.54 Å². The highest BCUT2D eigenvalue weighted by molar-refractivity contribution is 14.1. The van der Waals surface area contributed by atoms with Gasteiger partial charge in [-0.1, -0.05) is 0 Å². The predicted octanol–water partition coefficient (Wildman–Crippen LogP) is 1.99. The minimum absolute atomic E-state index is 0.0264. The highest BCUT2D eigenvalue weighted by Gasteiger charge is 2.09. The lowest BCUT2D eigenvalue weighted by Gasteiger charge is -2.12. The molecule has 1 aromatic carbocycles. The fourth-order valence-corrected chi connectivity index (χ4v) is 2.15. The molecule has 1 amide bonds. The zero-order valence-corrected chi connectivity index (χ0v) is 12.3. The van der Waals surface area contributed by atoms with Crippen molar-refractivity contribution in [2.24, 2.45) is 0 Å². The molecule has 0 spiro atoms. The normalized spacial score (nSPS) is 9.88. The van der Waals surface area contributed by atoms with Gasteiger partial charge in [-0.3, -0.25) is 4.79 Å². The van der Waals surface area contributed by atoms with Gasteiger partial charge < -0.3 is 14.8 Å². The molecule has 1 N–H and O–H groups in total. The summed E-state index contributed by atoms with van der Waals surface area (Å²) in [6.45, 7) is 2.10. The molecule has 0 fully saturated rings. The summed E-state index contributed by atoms with van der Waals surface area (Å²) < 4.78 is 11.6. The second-order valence-corrected chi connectivity index (χ2v) is 4.69. The van der Waals surface area contributed by atoms with Crippen molar-refractivity contribution in [1.82, 2.24) is 5.32 Å². The molecule has 0 saturated heterocycles. The van der Waals surface area contributed by atoms with Crippen LogP contribution in [-0.2, 0) is 11.2 Å². The van der Waals surface area contributed by atoms with E-state index in [1.165, 1.54) is 6.92 Å². The van der Waals surface area contributed by atoms with Crippen LogP contribution in [0.1, 0.15) is 12.5 Å². The van der Waals surface area contributed by atoms with Crippen LogP contribution >= 0.6 is 22.6 Å². The molecule has 94 valence electrons. The van der Waals surface area contributed by atoms with E-state index >= 15 is 0 Å². The van der Waals surface area contributed by atoms with Gasteiger partial charge in [-0.15, -0.1) is 0 Å². The molecule has 0 aromatic heterocycles. The monoisotopic (exact) mass is 349 g/mol. The van der Waals surface area contributed by atoms with Gasteiger partial charge >= 0.3 is 0 Å². The Morgan fingerprint density at radius 1 is 1.29 bits per heavy atom. The average Bonchev–Trinajstić information content (AvgIpc) is 2.30. The third-order valence-corrected chi connectivity index (χ3v) is 3.17. The Balaban J connectivity index is 2.84. The van der Waals surface area contributed by atoms with Crippen molar-refractivity contribution in [2.75, 3.05) is 20.8 Å². The number of hydrogen-bond donors (Lipinski definition) is 1. The van der Waals surface area contributed by atoms with Crippen LogP contribution in [0.4, 0.5) is 0 Å². The van der Waals surface area contributed by atoms with Gasteiger partial charge in [0.05, 0.1) is 17.8 Å². The highest BCUT2D eigenvalue weighted by Crippen LogP contribution is 2.30. The third-order valence-electron chi connectivity index (χ3n) is 2.32. The summed E-state index contributed by atoms with van der Waals surface area (Å²) in [6, 6.07) is 3.88. The molecule has 0 aliphatic heterocycles. The molecule has 17 heavy (non-hydrogen) atoms. The van der Waals surface area contributed by atoms with E-state index in [4.69, 9.17) is 9.47 Å². The summed E-state index contributed by atoms with van der Waals surface area (Å²) in [6.07, 6.45) is 0.718. The summed E-state index contributed by atoms with van der Waals surface area (Å²) in [5.41, 5.74) is 1.03. The lowest BCUT2D eigenvalue weighted by atomic mass is 10.1. The predicted molar refractivity (Wildman–Crippen MR) is 74.7 cm³/mol. The fourth-order valence-electron chi connectivity index (χ4n) is 1.49. The molecule has 1 aromatic rings. The zero-order valence-electron chi connectivity index (χ0n) is 10.2. The molecule has 0 aliphatic rings. The van der Waals surface area contributed by atoms with E-state index in [0.717, 1.165) is 27.1 Å². The minimum Gasteiger partial charge on any atom is -0.496 e. The Morgan fingerprint density at radius 2 is 1.94 bits per heavy atom. The lowest BCUT2D eigenvalue weighted by Crippen LogP contribution is -2.22. The number of amides is 1. The van der Waals surface area contributed by atoms with Crippen molar-refractivity contribution >= 4 is 28.5 Å². The van der Waals surface area contributed by atoms with E-state index in [-0.39, 0.29) is 5.91 Å². The second kappa shape index (κ2) is 6.68. The highest BCUT2D eigenvalue weighted by atomic mass is 127. The van der Waals surface area contributed by atoms with Gasteiger partial charge in [0.15, 0.2) is 0 Å². The van der Waals surface area contributed by atoms with E-state index in [1.54, 1.807) is 14.2 Å². The summed E-state index contributed by atoms with van der Waals surface area (Å²) in [4.78, 5) is 10.8. The molecule has 5 heteroatoms. The first kappa shape index (κ1) is 14.1. The van der Waals surface area contributed by atoms with Crippen LogP contribution in [0.25, 0.3) is 0 Å². The fraction of sp³-hybridized carbons (Fsp3) is 0.417. The summed E-state index contributed by atoms with van der Waals surface area (Å²) >= 11 is 2.20. The van der Waals surface area contributed by atoms with Gasteiger partial charge in [0.2, 0.25) is 5.91 Å². The second-order valence-electron chi connectivity index (χ2n) is 3.53. The van der Waals surface area contributed by atoms with E-state index in [9.17, 15) is 4.79 Å². The molecular formula is C12H16INO3. The molecule has 0 atom stereocenters. The number of ether oxygens (including phenoxy) is 2. The Labute approximate surface area is 115 Å². The minimum atomic E-state index is -0.0264. The van der Waals surface area contributed by atoms with Crippen LogP contribution in [0, 0.1) is 3.57 Å². The molecule has 0 unspecified atom stereocenters. The Bertz CT molecular complexity index is 407. The standard InChI is InChI=1S/C12H16INO3/c1-8(15)14-5-4-9-6-12(17-3)10(13)7-11(9)16-2/h6-7H,4-5H2,1-3H3,(H,14,15). The van der Waals surface area contributed by atoms with Crippen molar-refractivity contribution in [3.8, 4) is 11.5 Å². The van der Waals surface area contributed by atoms with Crippen LogP contribution in [0.5, 0.6) is 11.5 Å². The summed E-state index contributed by atoms with van der Waals surface area (Å²) in [7, 11) is 3.28. The number of methoxy groups -OCH3 is 2. The number of halogens is 1. The first-order valence-electron chi connectivity index (χ1n) is 5.23. The Morgan fingerprint density at radius 3 is 2.47 bits per heavy atom. The first-order chi connectivity index (χ1) is 8.08. The lowest BCUT2D eigenvalue weighted by molar-refractivity contribution is -0.118. The van der Waals surface area contributed by atoms with Crippen molar-refractivity contribution in [3.05, 3.63) is 21.3 Å². The maximum Gasteiger partial charge on any atom is 0.216 e. The van der Waals surface area contributed by atoms with Crippen LogP contribution in [0.2, 0.25) is 0 Å². The maximum atomic E-state index is 10.8. The SMILES string of the molecule is COc1cc(CCNC(C)=O)c(OC)cc1I. The molecule has 1 rings (SSSR count). The number of rotatable bonds is 5. The van der Waals surface area contributed by atoms with Gasteiger partial charge in [0.1, 0.15) is 11.5 Å². The van der Waals surface area contributed by atoms with Gasteiger partial charge in [0.25, 0.3) is 0 Å². The zero-order chi connectivity index (χ0) is 12.8. The molecule has 0 bridgehead atoms. The largest absolute Gasteiger partial charge is 0.496 e. The van der Waals surface area contributed by atoms with Crippen LogP contribution in [-0.4, -0.2) is 26.7 Å². The van der Waals surface area contributed by atoms with Crippen molar-refractivity contribution in [3.63, 3.8) is 0 Å². The number of benzene rings is 1. The van der Waals surface area contributed by atoms with Gasteiger partial charge in [-0.2, -0.15) is 0 Å². The molecule has 0 aliphatic carbocycles. The quantitative estimate of drug-likeness (QED) is 0.828. The Hall–Kier alpha value is -0.980. The number of hydrogen-bond acceptors (Lipinski definition) is 3. The average molecular weight is 349 g/mol. The molecule has 0 saturated carbocycles. The van der Waals surface area contributed by atoms with E-state index in [1.807, 2.05) is 12.1 Å². The van der Waals surface area contributed by atoms with Crippen molar-refractivity contribution in [2.45, 2.75) is 13.3 Å². The van der Waals surface area contributed by atoms with Gasteiger partial charge in [-0.05, 0) is 46.7 Å². The smallest absolute Gasteiger partial charge is 0.216 e.